The number of carbonyl (C=O) groups excluding carboxylic acids is 1. The average molecular weight is 289 g/mol. The molecule has 1 aromatic carbocycles. The van der Waals surface area contributed by atoms with Crippen molar-refractivity contribution in [2.24, 2.45) is 0 Å². The molecule has 0 fully saturated rings. The predicted molar refractivity (Wildman–Crippen MR) is 79.7 cm³/mol. The van der Waals surface area contributed by atoms with E-state index in [2.05, 4.69) is 11.2 Å². The predicted octanol–water partition coefficient (Wildman–Crippen LogP) is 2.78. The molecule has 0 heterocycles. The number of halogens is 1. The molecule has 21 heavy (non-hydrogen) atoms. The van der Waals surface area contributed by atoms with Crippen molar-refractivity contribution in [2.45, 2.75) is 38.5 Å². The monoisotopic (exact) mass is 289 g/mol. The highest BCUT2D eigenvalue weighted by molar-refractivity contribution is 5.75. The summed E-state index contributed by atoms with van der Waals surface area (Å²) in [5.74, 6) is 2.60. The zero-order valence-electron chi connectivity index (χ0n) is 12.2. The highest BCUT2D eigenvalue weighted by Gasteiger charge is 2.24. The van der Waals surface area contributed by atoms with E-state index in [4.69, 9.17) is 11.2 Å². The Balaban J connectivity index is 2.04. The lowest BCUT2D eigenvalue weighted by Gasteiger charge is -2.14. The maximum absolute atomic E-state index is 13.8. The third-order valence-electron chi connectivity index (χ3n) is 3.84. The van der Waals surface area contributed by atoms with Crippen LogP contribution in [-0.2, 0) is 11.2 Å². The van der Waals surface area contributed by atoms with Crippen LogP contribution >= 0.6 is 0 Å². The standard InChI is InChI=1S/C17H20FNO2/c1-3-9-21-16-11-14-12(7-8-19-17(20)4-2)5-6-13(14)10-15(16)18/h1,10-12H,4-9H2,2H3,(H,19,20). The Hall–Kier alpha value is -2.02. The molecule has 0 aliphatic heterocycles. The van der Waals surface area contributed by atoms with Gasteiger partial charge in [0.15, 0.2) is 11.6 Å². The Bertz CT molecular complexity index is 563. The van der Waals surface area contributed by atoms with Crippen LogP contribution in [0.1, 0.15) is 43.2 Å². The molecular weight excluding hydrogens is 269 g/mol. The third kappa shape index (κ3) is 3.75. The van der Waals surface area contributed by atoms with Crippen LogP contribution in [0.15, 0.2) is 12.1 Å². The number of carbonyl (C=O) groups is 1. The van der Waals surface area contributed by atoms with E-state index in [9.17, 15) is 9.18 Å². The molecule has 0 saturated heterocycles. The second kappa shape index (κ2) is 7.12. The van der Waals surface area contributed by atoms with Gasteiger partial charge in [0.1, 0.15) is 6.61 Å². The third-order valence-corrected chi connectivity index (χ3v) is 3.84. The molecule has 112 valence electrons. The molecule has 0 aromatic heterocycles. The summed E-state index contributed by atoms with van der Waals surface area (Å²) in [4.78, 5) is 11.2. The largest absolute Gasteiger partial charge is 0.478 e. The molecule has 1 N–H and O–H groups in total. The first-order valence-corrected chi connectivity index (χ1v) is 7.31. The molecule has 0 spiro atoms. The Morgan fingerprint density at radius 1 is 1.57 bits per heavy atom. The average Bonchev–Trinajstić information content (AvgIpc) is 2.86. The van der Waals surface area contributed by atoms with Crippen molar-refractivity contribution in [3.63, 3.8) is 0 Å². The lowest BCUT2D eigenvalue weighted by atomic mass is 9.97. The number of nitrogens with one attached hydrogen (secondary N) is 1. The fourth-order valence-electron chi connectivity index (χ4n) is 2.73. The molecule has 0 saturated carbocycles. The van der Waals surface area contributed by atoms with Gasteiger partial charge in [0.05, 0.1) is 0 Å². The summed E-state index contributed by atoms with van der Waals surface area (Å²) in [6.07, 6.45) is 8.34. The van der Waals surface area contributed by atoms with E-state index in [1.807, 2.05) is 6.92 Å². The van der Waals surface area contributed by atoms with Crippen molar-refractivity contribution >= 4 is 5.91 Å². The first-order valence-electron chi connectivity index (χ1n) is 7.31. The minimum atomic E-state index is -0.357. The van der Waals surface area contributed by atoms with E-state index in [0.29, 0.717) is 18.9 Å². The Morgan fingerprint density at radius 2 is 2.38 bits per heavy atom. The normalized spacial score (nSPS) is 16.1. The summed E-state index contributed by atoms with van der Waals surface area (Å²) in [5, 5.41) is 2.88. The van der Waals surface area contributed by atoms with E-state index in [1.165, 1.54) is 0 Å². The molecule has 1 aromatic rings. The van der Waals surface area contributed by atoms with Gasteiger partial charge < -0.3 is 10.1 Å². The number of benzene rings is 1. The van der Waals surface area contributed by atoms with Crippen molar-refractivity contribution in [1.29, 1.82) is 0 Å². The summed E-state index contributed by atoms with van der Waals surface area (Å²) in [6.45, 7) is 2.54. The zero-order chi connectivity index (χ0) is 15.2. The topological polar surface area (TPSA) is 38.3 Å². The van der Waals surface area contributed by atoms with Gasteiger partial charge in [0, 0.05) is 13.0 Å². The van der Waals surface area contributed by atoms with Crippen molar-refractivity contribution in [1.82, 2.24) is 5.32 Å². The zero-order valence-corrected chi connectivity index (χ0v) is 12.2. The van der Waals surface area contributed by atoms with Gasteiger partial charge in [-0.3, -0.25) is 4.79 Å². The number of ether oxygens (including phenoxy) is 1. The summed E-state index contributed by atoms with van der Waals surface area (Å²) in [6, 6.07) is 3.31. The second-order valence-corrected chi connectivity index (χ2v) is 5.20. The van der Waals surface area contributed by atoms with E-state index in [-0.39, 0.29) is 24.1 Å². The van der Waals surface area contributed by atoms with Gasteiger partial charge in [-0.1, -0.05) is 12.8 Å². The summed E-state index contributed by atoms with van der Waals surface area (Å²) >= 11 is 0. The van der Waals surface area contributed by atoms with Crippen LogP contribution in [0.3, 0.4) is 0 Å². The fourth-order valence-corrected chi connectivity index (χ4v) is 2.73. The second-order valence-electron chi connectivity index (χ2n) is 5.20. The van der Waals surface area contributed by atoms with E-state index < -0.39 is 0 Å². The summed E-state index contributed by atoms with van der Waals surface area (Å²) < 4.78 is 19.1. The van der Waals surface area contributed by atoms with Crippen LogP contribution < -0.4 is 10.1 Å². The molecule has 0 radical (unpaired) electrons. The maximum atomic E-state index is 13.8. The summed E-state index contributed by atoms with van der Waals surface area (Å²) in [5.41, 5.74) is 2.15. The van der Waals surface area contributed by atoms with Gasteiger partial charge >= 0.3 is 0 Å². The number of amides is 1. The van der Waals surface area contributed by atoms with Gasteiger partial charge in [-0.05, 0) is 48.4 Å². The number of rotatable bonds is 6. The molecule has 1 atom stereocenters. The minimum absolute atomic E-state index is 0.0605. The van der Waals surface area contributed by atoms with Gasteiger partial charge in [0.2, 0.25) is 5.91 Å². The van der Waals surface area contributed by atoms with Gasteiger partial charge in [-0.25, -0.2) is 4.39 Å². The Morgan fingerprint density at radius 3 is 3.10 bits per heavy atom. The molecule has 3 nitrogen and oxygen atoms in total. The number of hydrogen-bond acceptors (Lipinski definition) is 2. The summed E-state index contributed by atoms with van der Waals surface area (Å²) in [7, 11) is 0. The highest BCUT2D eigenvalue weighted by atomic mass is 19.1. The molecular formula is C17H20FNO2. The van der Waals surface area contributed by atoms with Crippen LogP contribution in [0.4, 0.5) is 4.39 Å². The fraction of sp³-hybridized carbons (Fsp3) is 0.471. The van der Waals surface area contributed by atoms with Crippen molar-refractivity contribution < 1.29 is 13.9 Å². The van der Waals surface area contributed by atoms with Crippen LogP contribution in [-0.4, -0.2) is 19.1 Å². The molecule has 0 bridgehead atoms. The number of hydrogen-bond donors (Lipinski definition) is 1. The molecule has 1 aliphatic rings. The van der Waals surface area contributed by atoms with E-state index in [0.717, 1.165) is 30.4 Å². The maximum Gasteiger partial charge on any atom is 0.219 e. The van der Waals surface area contributed by atoms with E-state index >= 15 is 0 Å². The SMILES string of the molecule is C#CCOc1cc2c(cc1F)CCC2CCNC(=O)CC. The molecule has 1 amide bonds. The number of fused-ring (bicyclic) bond motifs is 1. The lowest BCUT2D eigenvalue weighted by Crippen LogP contribution is -2.24. The van der Waals surface area contributed by atoms with Gasteiger partial charge in [-0.2, -0.15) is 0 Å². The van der Waals surface area contributed by atoms with Crippen molar-refractivity contribution in [3.05, 3.63) is 29.1 Å². The molecule has 1 aliphatic carbocycles. The Labute approximate surface area is 124 Å². The lowest BCUT2D eigenvalue weighted by molar-refractivity contribution is -0.120. The Kier molecular flexibility index (Phi) is 5.21. The van der Waals surface area contributed by atoms with Crippen molar-refractivity contribution in [2.75, 3.05) is 13.2 Å². The van der Waals surface area contributed by atoms with Gasteiger partial charge in [-0.15, -0.1) is 6.42 Å². The number of terminal acetylenes is 1. The molecule has 2 rings (SSSR count). The van der Waals surface area contributed by atoms with E-state index in [1.54, 1.807) is 12.1 Å². The smallest absolute Gasteiger partial charge is 0.219 e. The van der Waals surface area contributed by atoms with Crippen LogP contribution in [0.25, 0.3) is 0 Å². The highest BCUT2D eigenvalue weighted by Crippen LogP contribution is 2.38. The molecule has 4 heteroatoms. The quantitative estimate of drug-likeness (QED) is 0.818. The van der Waals surface area contributed by atoms with Crippen LogP contribution in [0, 0.1) is 18.2 Å². The molecule has 1 unspecified atom stereocenters. The van der Waals surface area contributed by atoms with Gasteiger partial charge in [0.25, 0.3) is 0 Å². The number of aryl methyl sites for hydroxylation is 1. The van der Waals surface area contributed by atoms with Crippen LogP contribution in [0.2, 0.25) is 0 Å². The van der Waals surface area contributed by atoms with Crippen LogP contribution in [0.5, 0.6) is 5.75 Å². The first kappa shape index (κ1) is 15.4. The first-order chi connectivity index (χ1) is 10.2. The minimum Gasteiger partial charge on any atom is -0.478 e. The van der Waals surface area contributed by atoms with Crippen molar-refractivity contribution in [3.8, 4) is 18.1 Å².